The predicted octanol–water partition coefficient (Wildman–Crippen LogP) is 0.635. The van der Waals surface area contributed by atoms with Crippen LogP contribution in [0.5, 0.6) is 0 Å². The molecule has 1 heterocycles. The summed E-state index contributed by atoms with van der Waals surface area (Å²) in [4.78, 5) is 58.8. The first-order valence-corrected chi connectivity index (χ1v) is 14.8. The van der Waals surface area contributed by atoms with Crippen LogP contribution >= 0.6 is 0 Å². The highest BCUT2D eigenvalue weighted by atomic mass is 16.7. The molecule has 2 rings (SSSR count). The average molecular weight is 657 g/mol. The Balaban J connectivity index is 1.67. The molecule has 1 aliphatic rings. The van der Waals surface area contributed by atoms with Gasteiger partial charge in [-0.25, -0.2) is 4.79 Å². The second kappa shape index (κ2) is 21.8. The third kappa shape index (κ3) is 15.9. The predicted molar refractivity (Wildman–Crippen MR) is 157 cm³/mol. The number of amides is 2. The molecule has 1 saturated heterocycles. The summed E-state index contributed by atoms with van der Waals surface area (Å²) in [6.45, 7) is 6.52. The number of benzene rings is 1. The van der Waals surface area contributed by atoms with Gasteiger partial charge in [-0.1, -0.05) is 30.3 Å². The molecule has 0 bridgehead atoms. The third-order valence-corrected chi connectivity index (χ3v) is 6.05. The van der Waals surface area contributed by atoms with Crippen LogP contribution in [-0.4, -0.2) is 120 Å². The highest BCUT2D eigenvalue weighted by Gasteiger charge is 2.51. The van der Waals surface area contributed by atoms with Gasteiger partial charge in [-0.3, -0.25) is 19.2 Å². The topological polar surface area (TPSA) is 192 Å². The summed E-state index contributed by atoms with van der Waals surface area (Å²) < 4.78 is 49.0. The monoisotopic (exact) mass is 656 g/mol. The molecular formula is C30H44N2O14. The van der Waals surface area contributed by atoms with E-state index in [0.717, 1.165) is 19.4 Å². The van der Waals surface area contributed by atoms with Gasteiger partial charge in [0.25, 0.3) is 0 Å². The fourth-order valence-electron chi connectivity index (χ4n) is 4.20. The van der Waals surface area contributed by atoms with Crippen molar-refractivity contribution in [2.24, 2.45) is 0 Å². The van der Waals surface area contributed by atoms with Crippen molar-refractivity contribution < 1.29 is 66.6 Å². The number of ether oxygens (including phenoxy) is 9. The number of esters is 3. The van der Waals surface area contributed by atoms with Crippen molar-refractivity contribution in [3.63, 3.8) is 0 Å². The van der Waals surface area contributed by atoms with Crippen molar-refractivity contribution in [1.82, 2.24) is 10.6 Å². The highest BCUT2D eigenvalue weighted by Crippen LogP contribution is 2.28. The Bertz CT molecular complexity index is 1090. The Morgan fingerprint density at radius 2 is 1.30 bits per heavy atom. The van der Waals surface area contributed by atoms with Gasteiger partial charge in [0.1, 0.15) is 25.4 Å². The number of alkyl carbamates (subject to hydrolysis) is 1. The summed E-state index contributed by atoms with van der Waals surface area (Å²) in [7, 11) is 0. The molecule has 0 saturated carbocycles. The minimum atomic E-state index is -1.20. The van der Waals surface area contributed by atoms with E-state index in [9.17, 15) is 24.0 Å². The molecule has 0 aliphatic carbocycles. The van der Waals surface area contributed by atoms with Gasteiger partial charge < -0.3 is 53.3 Å². The quantitative estimate of drug-likeness (QED) is 0.113. The minimum Gasteiger partial charge on any atom is -0.463 e. The minimum absolute atomic E-state index is 0.00988. The number of rotatable bonds is 20. The third-order valence-electron chi connectivity index (χ3n) is 6.05. The van der Waals surface area contributed by atoms with Crippen LogP contribution in [0, 0.1) is 0 Å². The van der Waals surface area contributed by atoms with Gasteiger partial charge in [-0.05, 0) is 5.56 Å². The van der Waals surface area contributed by atoms with Crippen molar-refractivity contribution in [2.75, 3.05) is 59.4 Å². The summed E-state index contributed by atoms with van der Waals surface area (Å²) in [5.41, 5.74) is 0.896. The Labute approximate surface area is 267 Å². The van der Waals surface area contributed by atoms with E-state index >= 15 is 0 Å². The van der Waals surface area contributed by atoms with Crippen LogP contribution in [-0.2, 0) is 68.4 Å². The van der Waals surface area contributed by atoms with Crippen LogP contribution in [0.1, 0.15) is 33.3 Å². The molecule has 2 N–H and O–H groups in total. The Morgan fingerprint density at radius 1 is 0.717 bits per heavy atom. The van der Waals surface area contributed by atoms with Gasteiger partial charge in [0.2, 0.25) is 5.91 Å². The van der Waals surface area contributed by atoms with Gasteiger partial charge in [0, 0.05) is 34.2 Å². The van der Waals surface area contributed by atoms with Crippen LogP contribution in [0.25, 0.3) is 0 Å². The Hall–Kier alpha value is -3.83. The Morgan fingerprint density at radius 3 is 1.89 bits per heavy atom. The van der Waals surface area contributed by atoms with Gasteiger partial charge in [-0.2, -0.15) is 0 Å². The van der Waals surface area contributed by atoms with E-state index in [4.69, 9.17) is 42.6 Å². The number of carbonyl (C=O) groups is 5. The first kappa shape index (κ1) is 38.4. The lowest BCUT2D eigenvalue weighted by atomic mass is 9.96. The molecule has 1 aromatic rings. The standard InChI is InChI=1S/C30H44N2O14/c1-20(33)32-26-28(45-23(4)36)27(44-22(3)35)25(19-42-21(2)34)46-29(26)41-17-16-40-15-14-39-13-12-38-11-10-31-30(37)43-18-24-8-6-5-7-9-24/h5-9,25-29H,10-19H2,1-4H3,(H,31,37)(H,32,33)/t25-,26-,27+,28-,29?/m1/s1. The smallest absolute Gasteiger partial charge is 0.407 e. The summed E-state index contributed by atoms with van der Waals surface area (Å²) >= 11 is 0. The van der Waals surface area contributed by atoms with Gasteiger partial charge in [0.05, 0.1) is 46.2 Å². The molecule has 1 aliphatic heterocycles. The SMILES string of the molecule is CC(=O)N[C@H]1C(OCCOCCOCCOCCNC(=O)OCc2ccccc2)O[C@H](COC(C)=O)[C@H](OC(C)=O)[C@@H]1OC(C)=O. The zero-order valence-corrected chi connectivity index (χ0v) is 26.6. The van der Waals surface area contributed by atoms with Crippen LogP contribution in [0.3, 0.4) is 0 Å². The molecule has 16 nitrogen and oxygen atoms in total. The zero-order valence-electron chi connectivity index (χ0n) is 26.6. The van der Waals surface area contributed by atoms with E-state index in [-0.39, 0.29) is 39.6 Å². The van der Waals surface area contributed by atoms with Crippen LogP contribution in [0.15, 0.2) is 30.3 Å². The zero-order chi connectivity index (χ0) is 33.7. The summed E-state index contributed by atoms with van der Waals surface area (Å²) in [6, 6.07) is 8.29. The van der Waals surface area contributed by atoms with E-state index in [2.05, 4.69) is 10.6 Å². The number of nitrogens with one attached hydrogen (secondary N) is 2. The summed E-state index contributed by atoms with van der Waals surface area (Å²) in [6.07, 6.45) is -5.16. The molecule has 46 heavy (non-hydrogen) atoms. The lowest BCUT2D eigenvalue weighted by molar-refractivity contribution is -0.279. The molecule has 1 fully saturated rings. The maximum absolute atomic E-state index is 12.0. The fraction of sp³-hybridized carbons (Fsp3) is 0.633. The second-order valence-corrected chi connectivity index (χ2v) is 9.92. The molecule has 2 amide bonds. The summed E-state index contributed by atoms with van der Waals surface area (Å²) in [5, 5.41) is 5.22. The molecule has 0 radical (unpaired) electrons. The Kier molecular flexibility index (Phi) is 18.2. The van der Waals surface area contributed by atoms with E-state index in [1.54, 1.807) is 0 Å². The molecule has 16 heteroatoms. The average Bonchev–Trinajstić information content (AvgIpc) is 3.00. The van der Waals surface area contributed by atoms with Crippen LogP contribution in [0.2, 0.25) is 0 Å². The maximum Gasteiger partial charge on any atom is 0.407 e. The van der Waals surface area contributed by atoms with Crippen molar-refractivity contribution in [3.8, 4) is 0 Å². The van der Waals surface area contributed by atoms with Crippen molar-refractivity contribution in [3.05, 3.63) is 35.9 Å². The molecule has 0 spiro atoms. The van der Waals surface area contributed by atoms with Gasteiger partial charge in [-0.15, -0.1) is 0 Å². The molecule has 5 atom stereocenters. The molecular weight excluding hydrogens is 612 g/mol. The van der Waals surface area contributed by atoms with E-state index < -0.39 is 60.6 Å². The second-order valence-electron chi connectivity index (χ2n) is 9.92. The molecule has 1 unspecified atom stereocenters. The maximum atomic E-state index is 12.0. The van der Waals surface area contributed by atoms with E-state index in [1.807, 2.05) is 30.3 Å². The summed E-state index contributed by atoms with van der Waals surface area (Å²) in [5.74, 6) is -2.48. The molecule has 258 valence electrons. The molecule has 1 aromatic carbocycles. The van der Waals surface area contributed by atoms with Gasteiger partial charge in [0.15, 0.2) is 18.5 Å². The number of hydrogen-bond acceptors (Lipinski definition) is 14. The van der Waals surface area contributed by atoms with E-state index in [0.29, 0.717) is 26.4 Å². The lowest BCUT2D eigenvalue weighted by Crippen LogP contribution is -2.66. The van der Waals surface area contributed by atoms with Crippen molar-refractivity contribution >= 4 is 29.9 Å². The van der Waals surface area contributed by atoms with E-state index in [1.165, 1.54) is 13.8 Å². The lowest BCUT2D eigenvalue weighted by Gasteiger charge is -2.44. The number of carbonyl (C=O) groups excluding carboxylic acids is 5. The normalized spacial score (nSPS) is 20.7. The van der Waals surface area contributed by atoms with Crippen molar-refractivity contribution in [1.29, 1.82) is 0 Å². The first-order valence-electron chi connectivity index (χ1n) is 14.8. The first-order chi connectivity index (χ1) is 22.1. The van der Waals surface area contributed by atoms with Crippen molar-refractivity contribution in [2.45, 2.75) is 64.9 Å². The molecule has 0 aromatic heterocycles. The highest BCUT2D eigenvalue weighted by molar-refractivity contribution is 5.73. The number of hydrogen-bond donors (Lipinski definition) is 2. The van der Waals surface area contributed by atoms with Gasteiger partial charge >= 0.3 is 24.0 Å². The fourth-order valence-corrected chi connectivity index (χ4v) is 4.20. The largest absolute Gasteiger partial charge is 0.463 e. The van der Waals surface area contributed by atoms with Crippen LogP contribution in [0.4, 0.5) is 4.79 Å². The van der Waals surface area contributed by atoms with Crippen LogP contribution < -0.4 is 10.6 Å².